The summed E-state index contributed by atoms with van der Waals surface area (Å²) in [5.41, 5.74) is 4.76. The molecule has 40 heavy (non-hydrogen) atoms. The summed E-state index contributed by atoms with van der Waals surface area (Å²) in [7, 11) is -3.57. The first kappa shape index (κ1) is 26.1. The van der Waals surface area contributed by atoms with Gasteiger partial charge in [-0.3, -0.25) is 9.59 Å². The number of hydrogen-bond acceptors (Lipinski definition) is 7. The number of benzene rings is 2. The zero-order valence-corrected chi connectivity index (χ0v) is 23.2. The van der Waals surface area contributed by atoms with E-state index >= 15 is 0 Å². The summed E-state index contributed by atoms with van der Waals surface area (Å²) < 4.78 is 32.9. The van der Waals surface area contributed by atoms with Crippen LogP contribution in [0.5, 0.6) is 0 Å². The van der Waals surface area contributed by atoms with Crippen LogP contribution in [-0.4, -0.2) is 45.7 Å². The first-order chi connectivity index (χ1) is 19.2. The Morgan fingerprint density at radius 2 is 1.85 bits per heavy atom. The Morgan fingerprint density at radius 3 is 2.50 bits per heavy atom. The molecule has 0 bridgehead atoms. The number of carbonyl (C=O) groups is 2. The topological polar surface area (TPSA) is 112 Å². The number of ketones is 2. The van der Waals surface area contributed by atoms with Crippen molar-refractivity contribution in [3.63, 3.8) is 0 Å². The van der Waals surface area contributed by atoms with Gasteiger partial charge in [-0.05, 0) is 42.5 Å². The third-order valence-corrected chi connectivity index (χ3v) is 9.67. The van der Waals surface area contributed by atoms with Crippen molar-refractivity contribution >= 4 is 37.9 Å². The van der Waals surface area contributed by atoms with E-state index in [2.05, 4.69) is 10.1 Å². The van der Waals surface area contributed by atoms with Crippen LogP contribution < -0.4 is 0 Å². The molecule has 0 N–H and O–H groups in total. The van der Waals surface area contributed by atoms with Crippen molar-refractivity contribution < 1.29 is 22.5 Å². The van der Waals surface area contributed by atoms with Crippen molar-refractivity contribution in [1.29, 1.82) is 0 Å². The molecule has 0 aliphatic heterocycles. The molecule has 0 radical (unpaired) electrons. The third kappa shape index (κ3) is 4.86. The van der Waals surface area contributed by atoms with Crippen molar-refractivity contribution in [2.75, 3.05) is 5.75 Å². The first-order valence-corrected chi connectivity index (χ1v) is 15.2. The summed E-state index contributed by atoms with van der Waals surface area (Å²) in [5.74, 6) is -0.195. The molecule has 6 rings (SSSR count). The molecule has 0 atom stereocenters. The number of sulfone groups is 1. The molecule has 0 amide bonds. The van der Waals surface area contributed by atoms with E-state index in [1.54, 1.807) is 19.1 Å². The van der Waals surface area contributed by atoms with Gasteiger partial charge >= 0.3 is 0 Å². The van der Waals surface area contributed by atoms with Gasteiger partial charge in [-0.2, -0.15) is 4.98 Å². The molecule has 2 aromatic carbocycles. The zero-order valence-electron chi connectivity index (χ0n) is 22.4. The summed E-state index contributed by atoms with van der Waals surface area (Å²) in [6.07, 6.45) is 7.53. The Labute approximate surface area is 232 Å². The highest BCUT2D eigenvalue weighted by Gasteiger charge is 2.39. The van der Waals surface area contributed by atoms with E-state index in [1.807, 2.05) is 60.0 Å². The van der Waals surface area contributed by atoms with Gasteiger partial charge < -0.3 is 9.09 Å². The number of aromatic nitrogens is 3. The van der Waals surface area contributed by atoms with Crippen LogP contribution in [0.15, 0.2) is 65.2 Å². The second-order valence-corrected chi connectivity index (χ2v) is 12.7. The molecule has 1 fully saturated rings. The Kier molecular flexibility index (Phi) is 6.62. The molecular weight excluding hydrogens is 526 g/mol. The number of rotatable bonds is 9. The van der Waals surface area contributed by atoms with Crippen LogP contribution in [0.4, 0.5) is 0 Å². The lowest BCUT2D eigenvalue weighted by atomic mass is 9.92. The molecule has 2 heterocycles. The van der Waals surface area contributed by atoms with Crippen LogP contribution in [0.3, 0.4) is 0 Å². The number of hydrogen-bond donors (Lipinski definition) is 0. The van der Waals surface area contributed by atoms with Gasteiger partial charge in [-0.25, -0.2) is 8.42 Å². The van der Waals surface area contributed by atoms with Gasteiger partial charge in [-0.15, -0.1) is 0 Å². The number of Topliss-reactive ketones (excluding diaryl/α,β-unsaturated/α-hetero) is 2. The first-order valence-electron chi connectivity index (χ1n) is 13.4. The van der Waals surface area contributed by atoms with Crippen molar-refractivity contribution in [2.45, 2.75) is 51.3 Å². The largest absolute Gasteiger partial charge is 0.339 e. The molecule has 0 unspecified atom stereocenters. The highest BCUT2D eigenvalue weighted by Crippen LogP contribution is 2.37. The number of aryl methyl sites for hydroxylation is 2. The minimum Gasteiger partial charge on any atom is -0.339 e. The van der Waals surface area contributed by atoms with E-state index in [9.17, 15) is 18.0 Å². The normalized spacial score (nSPS) is 15.6. The number of nitrogens with zero attached hydrogens (tertiary/aromatic N) is 3. The fourth-order valence-electron chi connectivity index (χ4n) is 5.27. The lowest BCUT2D eigenvalue weighted by Gasteiger charge is -2.14. The van der Waals surface area contributed by atoms with E-state index in [0.717, 1.165) is 34.0 Å². The molecule has 2 aliphatic rings. The van der Waals surface area contributed by atoms with Crippen LogP contribution in [0.25, 0.3) is 27.9 Å². The van der Waals surface area contributed by atoms with E-state index in [-0.39, 0.29) is 17.9 Å². The van der Waals surface area contributed by atoms with Crippen molar-refractivity contribution in [3.8, 4) is 11.4 Å². The smallest absolute Gasteiger partial charge is 0.223 e. The minimum atomic E-state index is -3.57. The van der Waals surface area contributed by atoms with Crippen molar-refractivity contribution in [1.82, 2.24) is 14.7 Å². The molecule has 4 aromatic rings. The second kappa shape index (κ2) is 10.1. The van der Waals surface area contributed by atoms with E-state index < -0.39 is 26.6 Å². The predicted octanol–water partition coefficient (Wildman–Crippen LogP) is 5.28. The van der Waals surface area contributed by atoms with E-state index in [1.165, 1.54) is 0 Å². The van der Waals surface area contributed by atoms with E-state index in [0.29, 0.717) is 42.2 Å². The van der Waals surface area contributed by atoms with Gasteiger partial charge in [0.15, 0.2) is 21.4 Å². The van der Waals surface area contributed by atoms with Gasteiger partial charge in [0.05, 0.1) is 10.9 Å². The van der Waals surface area contributed by atoms with Crippen molar-refractivity contribution in [3.05, 3.63) is 89.0 Å². The van der Waals surface area contributed by atoms with Gasteiger partial charge in [0.2, 0.25) is 11.7 Å². The van der Waals surface area contributed by atoms with Gasteiger partial charge in [0.1, 0.15) is 5.75 Å². The maximum absolute atomic E-state index is 14.0. The molecule has 2 aliphatic carbocycles. The third-order valence-electron chi connectivity index (χ3n) is 7.52. The molecule has 0 saturated heterocycles. The summed E-state index contributed by atoms with van der Waals surface area (Å²) in [4.78, 5) is 31.4. The minimum absolute atomic E-state index is 0.0951. The summed E-state index contributed by atoms with van der Waals surface area (Å²) >= 11 is 0. The van der Waals surface area contributed by atoms with Gasteiger partial charge in [0, 0.05) is 47.5 Å². The monoisotopic (exact) mass is 555 g/mol. The molecular formula is C31H29N3O5S. The van der Waals surface area contributed by atoms with Crippen LogP contribution in [0, 0.1) is 6.92 Å². The summed E-state index contributed by atoms with van der Waals surface area (Å²) in [6, 6.07) is 13.6. The van der Waals surface area contributed by atoms with Crippen LogP contribution in [0.1, 0.15) is 59.3 Å². The van der Waals surface area contributed by atoms with Crippen LogP contribution >= 0.6 is 0 Å². The molecule has 8 nitrogen and oxygen atoms in total. The SMILES string of the molecule is CCc1ccc2c(c1)c(C1=CC=CCC1=O)c(C(=O)CS(=O)(=O)C1CC1)n2Cc1ccc(-c2noc(C)n2)cc1. The maximum atomic E-state index is 14.0. The molecule has 2 aromatic heterocycles. The molecule has 1 saturated carbocycles. The second-order valence-electron chi connectivity index (χ2n) is 10.4. The summed E-state index contributed by atoms with van der Waals surface area (Å²) in [5, 5.41) is 4.30. The Bertz CT molecular complexity index is 1820. The Morgan fingerprint density at radius 1 is 1.10 bits per heavy atom. The standard InChI is InChI=1S/C31H29N3O5S/c1-3-20-10-15-26-25(16-20)29(24-6-4-5-7-27(24)35)30(28(36)18-40(37,38)23-13-14-23)34(26)17-21-8-11-22(12-9-21)31-32-19(2)39-33-31/h4-6,8-12,15-16,23H,3,7,13-14,17-18H2,1-2H3. The van der Waals surface area contributed by atoms with Crippen molar-refractivity contribution in [2.24, 2.45) is 0 Å². The number of allylic oxidation sites excluding steroid dienone is 4. The zero-order chi connectivity index (χ0) is 28.0. The average molecular weight is 556 g/mol. The fraction of sp³-hybridized carbons (Fsp3) is 0.290. The van der Waals surface area contributed by atoms with Gasteiger partial charge in [0.25, 0.3) is 0 Å². The summed E-state index contributed by atoms with van der Waals surface area (Å²) in [6.45, 7) is 4.09. The highest BCUT2D eigenvalue weighted by molar-refractivity contribution is 7.93. The highest BCUT2D eigenvalue weighted by atomic mass is 32.2. The average Bonchev–Trinajstić information content (AvgIpc) is 3.66. The molecule has 9 heteroatoms. The number of fused-ring (bicyclic) bond motifs is 1. The maximum Gasteiger partial charge on any atom is 0.223 e. The Hall–Kier alpha value is -4.11. The van der Waals surface area contributed by atoms with Gasteiger partial charge in [-0.1, -0.05) is 60.6 Å². The van der Waals surface area contributed by atoms with Crippen LogP contribution in [-0.2, 0) is 27.6 Å². The lowest BCUT2D eigenvalue weighted by molar-refractivity contribution is -0.113. The number of carbonyl (C=O) groups excluding carboxylic acids is 2. The molecule has 204 valence electrons. The van der Waals surface area contributed by atoms with Crippen LogP contribution in [0.2, 0.25) is 0 Å². The van der Waals surface area contributed by atoms with E-state index in [4.69, 9.17) is 4.52 Å². The lowest BCUT2D eigenvalue weighted by Crippen LogP contribution is -2.23. The fourth-order valence-corrected chi connectivity index (χ4v) is 6.86. The molecule has 0 spiro atoms. The Balaban J connectivity index is 1.52. The quantitative estimate of drug-likeness (QED) is 0.258. The predicted molar refractivity (Wildman–Crippen MR) is 153 cm³/mol.